The van der Waals surface area contributed by atoms with Gasteiger partial charge < -0.3 is 9.47 Å². The molecule has 0 aromatic heterocycles. The highest BCUT2D eigenvalue weighted by Gasteiger charge is 2.37. The maximum atomic E-state index is 13.0. The van der Waals surface area contributed by atoms with E-state index in [9.17, 15) is 4.79 Å². The van der Waals surface area contributed by atoms with Gasteiger partial charge in [0.15, 0.2) is 16.7 Å². The van der Waals surface area contributed by atoms with E-state index in [0.29, 0.717) is 36.2 Å². The van der Waals surface area contributed by atoms with Gasteiger partial charge in [-0.25, -0.2) is 0 Å². The first-order valence-corrected chi connectivity index (χ1v) is 12.0. The second kappa shape index (κ2) is 12.3. The number of aryl methyl sites for hydroxylation is 1. The summed E-state index contributed by atoms with van der Waals surface area (Å²) in [6.45, 7) is 9.02. The molecule has 7 heteroatoms. The molecule has 0 radical (unpaired) electrons. The van der Waals surface area contributed by atoms with Crippen LogP contribution in [0.1, 0.15) is 36.5 Å². The topological polar surface area (TPSA) is 63.5 Å². The average molecular weight is 466 g/mol. The lowest BCUT2D eigenvalue weighted by atomic mass is 10.0. The van der Waals surface area contributed by atoms with Crippen molar-refractivity contribution >= 4 is 29.1 Å². The van der Waals surface area contributed by atoms with Crippen molar-refractivity contribution in [2.24, 2.45) is 10.2 Å². The van der Waals surface area contributed by atoms with E-state index < -0.39 is 0 Å². The number of amides is 1. The SMILES string of the molecule is C=CCN1C(=O)[C@H](Cc2ccccc2C)S/C1=N\N=C/c1ccc(OCCCC)c(OC)c1. The molecule has 1 aliphatic rings. The second-order valence-corrected chi connectivity index (χ2v) is 8.88. The Labute approximate surface area is 200 Å². The number of rotatable bonds is 11. The summed E-state index contributed by atoms with van der Waals surface area (Å²) >= 11 is 1.45. The van der Waals surface area contributed by atoms with Gasteiger partial charge in [0.05, 0.1) is 25.2 Å². The third kappa shape index (κ3) is 6.48. The summed E-state index contributed by atoms with van der Waals surface area (Å²) in [6.07, 6.45) is 6.07. The van der Waals surface area contributed by atoms with Gasteiger partial charge in [-0.3, -0.25) is 9.69 Å². The van der Waals surface area contributed by atoms with Crippen LogP contribution in [-0.4, -0.2) is 47.7 Å². The number of methoxy groups -OCH3 is 1. The van der Waals surface area contributed by atoms with Crippen LogP contribution in [0.3, 0.4) is 0 Å². The number of hydrogen-bond acceptors (Lipinski definition) is 6. The molecule has 2 aromatic rings. The molecule has 1 amide bonds. The van der Waals surface area contributed by atoms with Crippen LogP contribution in [0, 0.1) is 6.92 Å². The molecule has 0 aliphatic carbocycles. The molecule has 0 N–H and O–H groups in total. The van der Waals surface area contributed by atoms with Gasteiger partial charge in [0.2, 0.25) is 5.91 Å². The van der Waals surface area contributed by atoms with Crippen LogP contribution < -0.4 is 9.47 Å². The highest BCUT2D eigenvalue weighted by Crippen LogP contribution is 2.31. The first-order valence-electron chi connectivity index (χ1n) is 11.1. The Morgan fingerprint density at radius 2 is 2.03 bits per heavy atom. The van der Waals surface area contributed by atoms with Crippen LogP contribution in [-0.2, 0) is 11.2 Å². The Kier molecular flexibility index (Phi) is 9.13. The first kappa shape index (κ1) is 24.6. The fourth-order valence-corrected chi connectivity index (χ4v) is 4.54. The average Bonchev–Trinajstić information content (AvgIpc) is 3.11. The van der Waals surface area contributed by atoms with Crippen molar-refractivity contribution in [1.29, 1.82) is 0 Å². The summed E-state index contributed by atoms with van der Waals surface area (Å²) in [5, 5.41) is 8.97. The van der Waals surface area contributed by atoms with Crippen LogP contribution in [0.4, 0.5) is 0 Å². The smallest absolute Gasteiger partial charge is 0.242 e. The maximum Gasteiger partial charge on any atom is 0.242 e. The largest absolute Gasteiger partial charge is 0.493 e. The zero-order valence-corrected chi connectivity index (χ0v) is 20.3. The number of hydrogen-bond donors (Lipinski definition) is 0. The number of nitrogens with zero attached hydrogens (tertiary/aromatic N) is 3. The van der Waals surface area contributed by atoms with E-state index >= 15 is 0 Å². The molecule has 0 unspecified atom stereocenters. The minimum absolute atomic E-state index is 0.0346. The zero-order valence-electron chi connectivity index (χ0n) is 19.5. The number of ether oxygens (including phenoxy) is 2. The maximum absolute atomic E-state index is 13.0. The zero-order chi connectivity index (χ0) is 23.6. The molecule has 0 spiro atoms. The van der Waals surface area contributed by atoms with Crippen molar-refractivity contribution < 1.29 is 14.3 Å². The molecular formula is C26H31N3O3S. The fourth-order valence-electron chi connectivity index (χ4n) is 3.41. The molecule has 1 saturated heterocycles. The Balaban J connectivity index is 1.73. The van der Waals surface area contributed by atoms with Gasteiger partial charge in [-0.2, -0.15) is 5.10 Å². The summed E-state index contributed by atoms with van der Waals surface area (Å²) in [6, 6.07) is 13.8. The van der Waals surface area contributed by atoms with Crippen molar-refractivity contribution in [3.05, 3.63) is 71.8 Å². The molecule has 2 aromatic carbocycles. The second-order valence-electron chi connectivity index (χ2n) is 7.71. The number of benzene rings is 2. The number of carbonyl (C=O) groups excluding carboxylic acids is 1. The van der Waals surface area contributed by atoms with E-state index in [1.165, 1.54) is 22.9 Å². The summed E-state index contributed by atoms with van der Waals surface area (Å²) in [4.78, 5) is 14.6. The molecular weight excluding hydrogens is 434 g/mol. The van der Waals surface area contributed by atoms with E-state index in [4.69, 9.17) is 9.47 Å². The third-order valence-electron chi connectivity index (χ3n) is 5.29. The molecule has 0 saturated carbocycles. The molecule has 174 valence electrons. The van der Waals surface area contributed by atoms with Crippen molar-refractivity contribution in [1.82, 2.24) is 4.90 Å². The summed E-state index contributed by atoms with van der Waals surface area (Å²) in [5.41, 5.74) is 3.18. The van der Waals surface area contributed by atoms with Gasteiger partial charge in [0, 0.05) is 6.54 Å². The number of unbranched alkanes of at least 4 members (excludes halogenated alkanes) is 1. The fraction of sp³-hybridized carbons (Fsp3) is 0.346. The van der Waals surface area contributed by atoms with Gasteiger partial charge in [-0.1, -0.05) is 55.4 Å². The number of amidine groups is 1. The van der Waals surface area contributed by atoms with E-state index in [-0.39, 0.29) is 11.2 Å². The van der Waals surface area contributed by atoms with E-state index in [2.05, 4.69) is 42.8 Å². The van der Waals surface area contributed by atoms with Crippen molar-refractivity contribution in [2.75, 3.05) is 20.3 Å². The highest BCUT2D eigenvalue weighted by atomic mass is 32.2. The van der Waals surface area contributed by atoms with E-state index in [1.54, 1.807) is 24.3 Å². The predicted molar refractivity (Wildman–Crippen MR) is 137 cm³/mol. The first-order chi connectivity index (χ1) is 16.1. The number of thioether (sulfide) groups is 1. The van der Waals surface area contributed by atoms with Crippen LogP contribution in [0.5, 0.6) is 11.5 Å². The van der Waals surface area contributed by atoms with Gasteiger partial charge in [0.25, 0.3) is 0 Å². The van der Waals surface area contributed by atoms with E-state index in [0.717, 1.165) is 18.4 Å². The minimum atomic E-state index is -0.223. The van der Waals surface area contributed by atoms with Crippen LogP contribution >= 0.6 is 11.8 Å². The van der Waals surface area contributed by atoms with Crippen molar-refractivity contribution in [3.63, 3.8) is 0 Å². The predicted octanol–water partition coefficient (Wildman–Crippen LogP) is 5.25. The van der Waals surface area contributed by atoms with Crippen LogP contribution in [0.25, 0.3) is 0 Å². The van der Waals surface area contributed by atoms with Crippen LogP contribution in [0.15, 0.2) is 65.3 Å². The van der Waals surface area contributed by atoms with Gasteiger partial charge >= 0.3 is 0 Å². The molecule has 6 nitrogen and oxygen atoms in total. The van der Waals surface area contributed by atoms with Gasteiger partial charge in [-0.05, 0) is 54.7 Å². The Bertz CT molecular complexity index is 1040. The monoisotopic (exact) mass is 465 g/mol. The molecule has 1 aliphatic heterocycles. The molecule has 0 bridgehead atoms. The van der Waals surface area contributed by atoms with Gasteiger partial charge in [0.1, 0.15) is 0 Å². The quantitative estimate of drug-likeness (QED) is 0.197. The standard InChI is InChI=1S/C26H31N3O3S/c1-5-7-15-32-22-13-12-20(16-23(22)31-4)18-27-28-26-29(14-6-2)25(30)24(33-26)17-21-11-9-8-10-19(21)3/h6,8-13,16,18,24H,2,5,7,14-15,17H2,1,3-4H3/b27-18-,28-26-/t24-/m0/s1. The minimum Gasteiger partial charge on any atom is -0.493 e. The highest BCUT2D eigenvalue weighted by molar-refractivity contribution is 8.15. The normalized spacial score (nSPS) is 17.2. The van der Waals surface area contributed by atoms with Crippen molar-refractivity contribution in [3.8, 4) is 11.5 Å². The summed E-state index contributed by atoms with van der Waals surface area (Å²) in [5.74, 6) is 1.40. The molecule has 1 fully saturated rings. The lowest BCUT2D eigenvalue weighted by Crippen LogP contribution is -2.32. The Morgan fingerprint density at radius 1 is 1.21 bits per heavy atom. The van der Waals surface area contributed by atoms with Crippen LogP contribution in [0.2, 0.25) is 0 Å². The third-order valence-corrected chi connectivity index (χ3v) is 6.46. The summed E-state index contributed by atoms with van der Waals surface area (Å²) in [7, 11) is 1.62. The molecule has 1 heterocycles. The Morgan fingerprint density at radius 3 is 2.76 bits per heavy atom. The molecule has 3 rings (SSSR count). The lowest BCUT2D eigenvalue weighted by molar-refractivity contribution is -0.125. The number of carbonyl (C=O) groups is 1. The van der Waals surface area contributed by atoms with Crippen molar-refractivity contribution in [2.45, 2.75) is 38.4 Å². The van der Waals surface area contributed by atoms with Gasteiger partial charge in [-0.15, -0.1) is 11.7 Å². The lowest BCUT2D eigenvalue weighted by Gasteiger charge is -2.13. The van der Waals surface area contributed by atoms with E-state index in [1.807, 2.05) is 30.3 Å². The molecule has 33 heavy (non-hydrogen) atoms. The Hall–Kier alpha value is -3.06. The summed E-state index contributed by atoms with van der Waals surface area (Å²) < 4.78 is 11.2. The molecule has 1 atom stereocenters.